The van der Waals surface area contributed by atoms with Gasteiger partial charge < -0.3 is 48.9 Å². The zero-order valence-corrected chi connectivity index (χ0v) is 18.5. The molecule has 0 unspecified atom stereocenters. The second-order valence-corrected chi connectivity index (χ2v) is 9.46. The third-order valence-electron chi connectivity index (χ3n) is 5.39. The summed E-state index contributed by atoms with van der Waals surface area (Å²) in [5.41, 5.74) is 7.73. The molecule has 0 spiro atoms. The summed E-state index contributed by atoms with van der Waals surface area (Å²) in [4.78, 5) is 12.5. The molecule has 1 aromatic carbocycles. The zero-order valence-electron chi connectivity index (χ0n) is 16.5. The van der Waals surface area contributed by atoms with E-state index in [0.717, 1.165) is 5.56 Å². The first-order chi connectivity index (χ1) is 14.5. The number of aliphatic hydroxyl groups is 2. The summed E-state index contributed by atoms with van der Waals surface area (Å²) < 4.78 is 13.2. The molecule has 158 valence electrons. The minimum absolute atomic E-state index is 0.0649. The molecule has 4 N–H and O–H groups in total. The maximum absolute atomic E-state index is 11.2. The number of hydrogen-bond acceptors (Lipinski definition) is 8. The number of imidazole rings is 1. The van der Waals surface area contributed by atoms with E-state index in [9.17, 15) is 10.2 Å². The van der Waals surface area contributed by atoms with Crippen LogP contribution in [0.15, 0.2) is 42.9 Å². The van der Waals surface area contributed by atoms with Crippen LogP contribution in [-0.4, -0.2) is 61.7 Å². The van der Waals surface area contributed by atoms with Crippen molar-refractivity contribution in [2.45, 2.75) is 36.9 Å². The summed E-state index contributed by atoms with van der Waals surface area (Å²) in [6.07, 6.45) is 3.59. The number of hydrogen-bond donors (Lipinski definition) is 3. The number of fused-ring (bicyclic) bond motifs is 1. The van der Waals surface area contributed by atoms with Gasteiger partial charge in [-0.3, -0.25) is 0 Å². The van der Waals surface area contributed by atoms with Crippen LogP contribution in [0, 0.1) is 5.92 Å². The molecule has 3 aromatic rings. The quantitative estimate of drug-likeness (QED) is 0.348. The molecule has 1 saturated carbocycles. The Bertz CT molecular complexity index is 987. The Morgan fingerprint density at radius 3 is 2.83 bits per heavy atom. The number of nitrogen functional groups attached to an aromatic ring is 1. The zero-order chi connectivity index (χ0) is 21.1. The van der Waals surface area contributed by atoms with Crippen molar-refractivity contribution >= 4 is 36.6 Å². The lowest BCUT2D eigenvalue weighted by molar-refractivity contribution is -0.218. The second kappa shape index (κ2) is 8.92. The smallest absolute Gasteiger partial charge is 0.222 e. The molecule has 4 rings (SSSR count). The van der Waals surface area contributed by atoms with E-state index in [1.165, 1.54) is 6.20 Å². The van der Waals surface area contributed by atoms with Gasteiger partial charge in [-0.05, 0) is 5.56 Å². The Hall–Kier alpha value is -2.16. The standard InChI is InChI=1S/C19H23N5O4Si2/c1-29-28-30-15-7-16(24-11-22-14-8-21-18(20)23-17(14)24)19(25,26)13(15)10-27-9-12-5-3-2-4-6-12/h2-6,8,11,13,15-16,25-26H,7,9-10H2,1H3,(H2,20,21,23)/q-2/t13-,15+,16+/m1/s1. The predicted octanol–water partition coefficient (Wildman–Crippen LogP) is 0.959. The van der Waals surface area contributed by atoms with Crippen LogP contribution in [0.2, 0.25) is 12.1 Å². The molecule has 30 heavy (non-hydrogen) atoms. The molecule has 1 aliphatic rings. The average Bonchev–Trinajstić information content (AvgIpc) is 3.25. The summed E-state index contributed by atoms with van der Waals surface area (Å²) in [7, 11) is 0.482. The van der Waals surface area contributed by atoms with Gasteiger partial charge >= 0.3 is 0 Å². The van der Waals surface area contributed by atoms with E-state index in [1.54, 1.807) is 10.9 Å². The van der Waals surface area contributed by atoms with Crippen molar-refractivity contribution in [3.8, 4) is 0 Å². The normalized spacial score (nSPS) is 23.2. The van der Waals surface area contributed by atoms with Crippen molar-refractivity contribution in [1.82, 2.24) is 19.5 Å². The van der Waals surface area contributed by atoms with Crippen molar-refractivity contribution in [2.24, 2.45) is 5.92 Å². The van der Waals surface area contributed by atoms with E-state index in [2.05, 4.69) is 15.0 Å². The van der Waals surface area contributed by atoms with Crippen molar-refractivity contribution in [3.05, 3.63) is 48.4 Å². The number of rotatable bonds is 8. The monoisotopic (exact) mass is 441 g/mol. The average molecular weight is 442 g/mol. The van der Waals surface area contributed by atoms with Crippen molar-refractivity contribution in [3.63, 3.8) is 0 Å². The third-order valence-corrected chi connectivity index (χ3v) is 7.62. The maximum Gasteiger partial charge on any atom is 0.222 e. The highest BCUT2D eigenvalue weighted by molar-refractivity contribution is 6.43. The maximum atomic E-state index is 11.2. The Morgan fingerprint density at radius 2 is 2.07 bits per heavy atom. The Labute approximate surface area is 179 Å². The van der Waals surface area contributed by atoms with Gasteiger partial charge in [0.05, 0.1) is 31.8 Å². The van der Waals surface area contributed by atoms with Crippen LogP contribution in [0.1, 0.15) is 18.0 Å². The van der Waals surface area contributed by atoms with Crippen LogP contribution in [0.5, 0.6) is 0 Å². The van der Waals surface area contributed by atoms with Crippen molar-refractivity contribution in [1.29, 1.82) is 0 Å². The highest BCUT2D eigenvalue weighted by atomic mass is 28.3. The van der Waals surface area contributed by atoms with Gasteiger partial charge in [0.15, 0.2) is 11.4 Å². The highest BCUT2D eigenvalue weighted by Gasteiger charge is 2.51. The fourth-order valence-electron chi connectivity index (χ4n) is 3.89. The molecule has 3 atom stereocenters. The number of ether oxygens (including phenoxy) is 1. The summed E-state index contributed by atoms with van der Waals surface area (Å²) >= 11 is 0. The molecule has 0 amide bonds. The molecule has 2 radical (unpaired) electrons. The molecule has 0 bridgehead atoms. The van der Waals surface area contributed by atoms with Gasteiger partial charge in [0.1, 0.15) is 5.52 Å². The molecule has 2 aromatic heterocycles. The lowest BCUT2D eigenvalue weighted by Gasteiger charge is -2.40. The SMILES string of the molecule is C[Si-]O[Si-][C@H]1C[C@H](n2cnc3cnc(N)nc32)C(O)(O)[C@@H]1COCc1ccccc1. The molecular weight excluding hydrogens is 418 g/mol. The van der Waals surface area contributed by atoms with Gasteiger partial charge in [-0.1, -0.05) is 36.8 Å². The summed E-state index contributed by atoms with van der Waals surface area (Å²) in [5.74, 6) is -2.42. The van der Waals surface area contributed by atoms with E-state index < -0.39 is 17.7 Å². The Balaban J connectivity index is 1.57. The van der Waals surface area contributed by atoms with Crippen LogP contribution in [0.25, 0.3) is 11.2 Å². The second-order valence-electron chi connectivity index (χ2n) is 7.26. The molecular formula is C19H23N5O4Si2-2. The number of anilines is 1. The first-order valence-corrected chi connectivity index (χ1v) is 12.0. The van der Waals surface area contributed by atoms with E-state index in [0.29, 0.717) is 34.0 Å². The number of aromatic nitrogens is 4. The van der Waals surface area contributed by atoms with Crippen molar-refractivity contribution in [2.75, 3.05) is 12.3 Å². The number of nitrogens with two attached hydrogens (primary N) is 1. The lowest BCUT2D eigenvalue weighted by Crippen LogP contribution is -2.43. The molecule has 9 nitrogen and oxygen atoms in total. The van der Waals surface area contributed by atoms with Gasteiger partial charge in [-0.25, -0.2) is 9.97 Å². The summed E-state index contributed by atoms with van der Waals surface area (Å²) in [6, 6.07) is 9.15. The van der Waals surface area contributed by atoms with E-state index >= 15 is 0 Å². The minimum Gasteiger partial charge on any atom is -0.840 e. The topological polar surface area (TPSA) is 129 Å². The highest BCUT2D eigenvalue weighted by Crippen LogP contribution is 2.49. The first-order valence-electron chi connectivity index (χ1n) is 9.60. The largest absolute Gasteiger partial charge is 0.840 e. The Morgan fingerprint density at radius 1 is 1.27 bits per heavy atom. The van der Waals surface area contributed by atoms with Crippen LogP contribution in [-0.2, 0) is 15.5 Å². The summed E-state index contributed by atoms with van der Waals surface area (Å²) in [5, 5.41) is 22.4. The molecule has 2 heterocycles. The Kier molecular flexibility index (Phi) is 6.27. The van der Waals surface area contributed by atoms with Crippen LogP contribution < -0.4 is 5.73 Å². The van der Waals surface area contributed by atoms with E-state index in [1.807, 2.05) is 36.9 Å². The lowest BCUT2D eigenvalue weighted by atomic mass is 10.0. The van der Waals surface area contributed by atoms with Gasteiger partial charge in [0.2, 0.25) is 5.95 Å². The van der Waals surface area contributed by atoms with Crippen molar-refractivity contribution < 1.29 is 19.1 Å². The summed E-state index contributed by atoms with van der Waals surface area (Å²) in [6.45, 7) is 2.56. The molecule has 1 aliphatic carbocycles. The molecule has 0 aliphatic heterocycles. The van der Waals surface area contributed by atoms with E-state index in [4.69, 9.17) is 14.6 Å². The number of benzene rings is 1. The van der Waals surface area contributed by atoms with Crippen LogP contribution in [0.4, 0.5) is 5.95 Å². The minimum atomic E-state index is -2.01. The van der Waals surface area contributed by atoms with Gasteiger partial charge in [-0.15, -0.1) is 0 Å². The molecule has 11 heteroatoms. The number of nitrogens with zero attached hydrogens (tertiary/aromatic N) is 4. The van der Waals surface area contributed by atoms with Crippen LogP contribution >= 0.6 is 0 Å². The van der Waals surface area contributed by atoms with Crippen LogP contribution in [0.3, 0.4) is 0 Å². The van der Waals surface area contributed by atoms with Gasteiger partial charge in [-0.2, -0.15) is 17.1 Å². The molecule has 1 fully saturated rings. The molecule has 0 saturated heterocycles. The fraction of sp³-hybridized carbons (Fsp3) is 0.421. The third kappa shape index (κ3) is 4.17. The van der Waals surface area contributed by atoms with Gasteiger partial charge in [0, 0.05) is 5.92 Å². The first kappa shape index (κ1) is 21.1. The fourth-order valence-corrected chi connectivity index (χ4v) is 5.79. The predicted molar refractivity (Wildman–Crippen MR) is 112 cm³/mol. The van der Waals surface area contributed by atoms with E-state index in [-0.39, 0.29) is 27.9 Å². The van der Waals surface area contributed by atoms with Gasteiger partial charge in [0.25, 0.3) is 0 Å².